The molecule has 11 heteroatoms. The van der Waals surface area contributed by atoms with Crippen molar-refractivity contribution >= 4 is 38.4 Å². The van der Waals surface area contributed by atoms with E-state index in [1.165, 1.54) is 24.4 Å². The number of esters is 1. The summed E-state index contributed by atoms with van der Waals surface area (Å²) in [5.74, 6) is -0.928. The number of benzene rings is 1. The maximum Gasteiger partial charge on any atom is 0.349 e. The van der Waals surface area contributed by atoms with Gasteiger partial charge in [0.15, 0.2) is 0 Å². The van der Waals surface area contributed by atoms with Gasteiger partial charge in [0.05, 0.1) is 24.2 Å². The van der Waals surface area contributed by atoms with E-state index in [4.69, 9.17) is 0 Å². The number of fused-ring (bicyclic) bond motifs is 1. The highest BCUT2D eigenvalue weighted by molar-refractivity contribution is 7.89. The molecule has 0 bridgehead atoms. The van der Waals surface area contributed by atoms with Crippen LogP contribution in [-0.4, -0.2) is 31.0 Å². The van der Waals surface area contributed by atoms with E-state index in [0.717, 1.165) is 18.4 Å². The molecule has 0 radical (unpaired) electrons. The number of ether oxygens (including phenoxy) is 1. The van der Waals surface area contributed by atoms with Crippen LogP contribution in [0.2, 0.25) is 0 Å². The van der Waals surface area contributed by atoms with Gasteiger partial charge in [0, 0.05) is 0 Å². The fourth-order valence-electron chi connectivity index (χ4n) is 2.67. The minimum atomic E-state index is -4.17. The summed E-state index contributed by atoms with van der Waals surface area (Å²) in [6, 6.07) is 6.47. The third kappa shape index (κ3) is 3.57. The van der Waals surface area contributed by atoms with Crippen molar-refractivity contribution in [3.63, 3.8) is 0 Å². The minimum absolute atomic E-state index is 0.0976. The molecule has 1 atom stereocenters. The second kappa shape index (κ2) is 7.33. The van der Waals surface area contributed by atoms with Gasteiger partial charge in [-0.1, -0.05) is 12.1 Å². The number of carbonyl (C=O) groups excluding carboxylic acids is 1. The van der Waals surface area contributed by atoms with Crippen LogP contribution in [0.15, 0.2) is 40.6 Å². The molecule has 7 nitrogen and oxygen atoms in total. The van der Waals surface area contributed by atoms with Crippen LogP contribution >= 0.6 is 11.3 Å². The predicted octanol–water partition coefficient (Wildman–Crippen LogP) is 3.32. The summed E-state index contributed by atoms with van der Waals surface area (Å²) >= 11 is 0.909. The van der Waals surface area contributed by atoms with E-state index in [9.17, 15) is 22.0 Å². The Labute approximate surface area is 157 Å². The molecular weight excluding hydrogens is 400 g/mol. The zero-order chi connectivity index (χ0) is 19.8. The number of rotatable bonds is 6. The number of para-hydroxylation sites is 2. The normalized spacial score (nSPS) is 13.2. The maximum absolute atomic E-state index is 13.6. The van der Waals surface area contributed by atoms with Gasteiger partial charge < -0.3 is 4.74 Å². The minimum Gasteiger partial charge on any atom is -0.465 e. The summed E-state index contributed by atoms with van der Waals surface area (Å²) in [5.41, 5.74) is 0.518. The number of hydrogen-bond donors (Lipinski definition) is 1. The van der Waals surface area contributed by atoms with Crippen LogP contribution in [-0.2, 0) is 14.8 Å². The molecule has 1 unspecified atom stereocenters. The Morgan fingerprint density at radius 2 is 2.00 bits per heavy atom. The Morgan fingerprint density at radius 3 is 2.67 bits per heavy atom. The highest BCUT2D eigenvalue weighted by atomic mass is 32.2. The highest BCUT2D eigenvalue weighted by Gasteiger charge is 2.29. The van der Waals surface area contributed by atoms with Gasteiger partial charge in [-0.2, -0.15) is 8.78 Å². The maximum atomic E-state index is 13.6. The molecule has 0 aliphatic carbocycles. The Hall–Kier alpha value is -2.37. The summed E-state index contributed by atoms with van der Waals surface area (Å²) in [6.45, 7) is -1.49. The summed E-state index contributed by atoms with van der Waals surface area (Å²) in [6.07, 6.45) is 0. The number of carbonyl (C=O) groups is 1. The number of methoxy groups -OCH3 is 1. The number of nitrogens with one attached hydrogen (secondary N) is 1. The van der Waals surface area contributed by atoms with Crippen LogP contribution in [0, 0.1) is 0 Å². The Bertz CT molecular complexity index is 1090. The first kappa shape index (κ1) is 19.4. The van der Waals surface area contributed by atoms with Crippen LogP contribution in [0.5, 0.6) is 0 Å². The Morgan fingerprint density at radius 1 is 1.30 bits per heavy atom. The molecule has 0 saturated heterocycles. The average Bonchev–Trinajstić information content (AvgIpc) is 3.25. The molecular formula is C16H15F2N3O4S2. The van der Waals surface area contributed by atoms with Gasteiger partial charge in [0.25, 0.3) is 0 Å². The third-order valence-corrected chi connectivity index (χ3v) is 6.43. The van der Waals surface area contributed by atoms with Gasteiger partial charge in [-0.25, -0.2) is 22.9 Å². The van der Waals surface area contributed by atoms with E-state index in [1.807, 2.05) is 0 Å². The second-order valence-electron chi connectivity index (χ2n) is 5.55. The number of alkyl halides is 2. The van der Waals surface area contributed by atoms with E-state index in [2.05, 4.69) is 14.4 Å². The van der Waals surface area contributed by atoms with Crippen molar-refractivity contribution in [2.24, 2.45) is 0 Å². The quantitative estimate of drug-likeness (QED) is 0.624. The number of sulfonamides is 1. The molecule has 1 N–H and O–H groups in total. The molecule has 3 rings (SSSR count). The standard InChI is InChI=1S/C16H15F2N3O4S2/c1-9(14-19-10-5-3-4-6-11(10)21(14)16(17)18)20-27(23,24)12-7-8-26-13(12)15(22)25-2/h3-9,16,20H,1-2H3. The molecule has 3 aromatic rings. The van der Waals surface area contributed by atoms with Crippen molar-refractivity contribution in [3.8, 4) is 0 Å². The van der Waals surface area contributed by atoms with Crippen LogP contribution in [0.3, 0.4) is 0 Å². The molecule has 1 aromatic carbocycles. The monoisotopic (exact) mass is 415 g/mol. The lowest BCUT2D eigenvalue weighted by molar-refractivity contribution is 0.0602. The van der Waals surface area contributed by atoms with E-state index in [1.54, 1.807) is 18.2 Å². The van der Waals surface area contributed by atoms with Crippen molar-refractivity contribution in [3.05, 3.63) is 46.4 Å². The number of thiophene rings is 1. The van der Waals surface area contributed by atoms with Gasteiger partial charge in [-0.05, 0) is 30.5 Å². The van der Waals surface area contributed by atoms with Crippen molar-refractivity contribution in [2.45, 2.75) is 24.4 Å². The molecule has 0 amide bonds. The zero-order valence-corrected chi connectivity index (χ0v) is 15.9. The number of nitrogens with zero attached hydrogens (tertiary/aromatic N) is 2. The van der Waals surface area contributed by atoms with Gasteiger partial charge in [-0.3, -0.25) is 4.57 Å². The molecule has 0 saturated carbocycles. The largest absolute Gasteiger partial charge is 0.465 e. The van der Waals surface area contributed by atoms with Gasteiger partial charge in [0.2, 0.25) is 10.0 Å². The first-order valence-electron chi connectivity index (χ1n) is 7.69. The van der Waals surface area contributed by atoms with Gasteiger partial charge >= 0.3 is 12.5 Å². The third-order valence-electron chi connectivity index (χ3n) is 3.83. The van der Waals surface area contributed by atoms with Gasteiger partial charge in [-0.15, -0.1) is 11.3 Å². The van der Waals surface area contributed by atoms with Crippen LogP contribution in [0.1, 0.15) is 35.0 Å². The first-order chi connectivity index (χ1) is 12.8. The average molecular weight is 415 g/mol. The summed E-state index contributed by atoms with van der Waals surface area (Å²) in [5, 5.41) is 1.43. The van der Waals surface area contributed by atoms with Gasteiger partial charge in [0.1, 0.15) is 15.6 Å². The van der Waals surface area contributed by atoms with Crippen LogP contribution in [0.4, 0.5) is 8.78 Å². The van der Waals surface area contributed by atoms with Crippen molar-refractivity contribution in [1.29, 1.82) is 0 Å². The topological polar surface area (TPSA) is 90.3 Å². The summed E-state index contributed by atoms with van der Waals surface area (Å²) in [4.78, 5) is 15.5. The molecule has 0 aliphatic heterocycles. The Balaban J connectivity index is 1.99. The summed E-state index contributed by atoms with van der Waals surface area (Å²) in [7, 11) is -3.03. The number of halogens is 2. The number of hydrogen-bond acceptors (Lipinski definition) is 6. The van der Waals surface area contributed by atoms with E-state index in [0.29, 0.717) is 10.1 Å². The van der Waals surface area contributed by atoms with Crippen LogP contribution < -0.4 is 4.72 Å². The highest BCUT2D eigenvalue weighted by Crippen LogP contribution is 2.29. The second-order valence-corrected chi connectivity index (χ2v) is 8.15. The molecule has 144 valence electrons. The SMILES string of the molecule is COC(=O)c1sccc1S(=O)(=O)NC(C)c1nc2ccccc2n1C(F)F. The number of aromatic nitrogens is 2. The smallest absolute Gasteiger partial charge is 0.349 e. The number of imidazole rings is 1. The Kier molecular flexibility index (Phi) is 5.27. The molecule has 2 aromatic heterocycles. The fraction of sp³-hybridized carbons (Fsp3) is 0.250. The fourth-order valence-corrected chi connectivity index (χ4v) is 5.21. The lowest BCUT2D eigenvalue weighted by Gasteiger charge is -2.16. The van der Waals surface area contributed by atoms with Crippen LogP contribution in [0.25, 0.3) is 11.0 Å². The van der Waals surface area contributed by atoms with E-state index >= 15 is 0 Å². The molecule has 2 heterocycles. The van der Waals surface area contributed by atoms with E-state index in [-0.39, 0.29) is 21.1 Å². The first-order valence-corrected chi connectivity index (χ1v) is 10.1. The molecule has 0 spiro atoms. The lowest BCUT2D eigenvalue weighted by atomic mass is 10.3. The molecule has 0 aliphatic rings. The zero-order valence-electron chi connectivity index (χ0n) is 14.2. The van der Waals surface area contributed by atoms with Crippen molar-refractivity contribution < 1.29 is 26.7 Å². The molecule has 0 fully saturated rings. The molecule has 27 heavy (non-hydrogen) atoms. The summed E-state index contributed by atoms with van der Waals surface area (Å²) < 4.78 is 60.0. The lowest BCUT2D eigenvalue weighted by Crippen LogP contribution is -2.29. The van der Waals surface area contributed by atoms with Crippen molar-refractivity contribution in [2.75, 3.05) is 7.11 Å². The predicted molar refractivity (Wildman–Crippen MR) is 95.4 cm³/mol. The van der Waals surface area contributed by atoms with Crippen molar-refractivity contribution in [1.82, 2.24) is 14.3 Å². The van der Waals surface area contributed by atoms with E-state index < -0.39 is 28.6 Å².